The van der Waals surface area contributed by atoms with Crippen LogP contribution in [0.25, 0.3) is 0 Å². The Balaban J connectivity index is 0.000000243. The second kappa shape index (κ2) is 7.30. The molecule has 1 aromatic rings. The molecule has 1 aromatic heterocycles. The fraction of sp³-hybridized carbons (Fsp3) is 0.500. The summed E-state index contributed by atoms with van der Waals surface area (Å²) in [5, 5.41) is 8.19. The fourth-order valence-electron chi connectivity index (χ4n) is 0.650. The topological polar surface area (TPSA) is 92.0 Å². The predicted octanol–water partition coefficient (Wildman–Crippen LogP) is 0.608. The van der Waals surface area contributed by atoms with Gasteiger partial charge in [0.2, 0.25) is 0 Å². The average Bonchev–Trinajstić information content (AvgIpc) is 2.61. The summed E-state index contributed by atoms with van der Waals surface area (Å²) >= 11 is 0. The molecule has 0 fully saturated rings. The first-order valence-corrected chi connectivity index (χ1v) is 4.09. The van der Waals surface area contributed by atoms with E-state index in [9.17, 15) is 4.79 Å². The van der Waals surface area contributed by atoms with Gasteiger partial charge in [-0.2, -0.15) is 0 Å². The first-order valence-electron chi connectivity index (χ1n) is 4.09. The molecule has 1 rings (SSSR count). The van der Waals surface area contributed by atoms with Crippen molar-refractivity contribution < 1.29 is 9.90 Å². The molecule has 4 N–H and O–H groups in total. The van der Waals surface area contributed by atoms with Gasteiger partial charge in [-0.25, -0.2) is 4.98 Å². The largest absolute Gasteiger partial charge is 0.480 e. The third-order valence-electron chi connectivity index (χ3n) is 1.32. The summed E-state index contributed by atoms with van der Waals surface area (Å²) in [6.45, 7) is 1.91. The van der Waals surface area contributed by atoms with Crippen LogP contribution in [0.15, 0.2) is 18.7 Å². The maximum absolute atomic E-state index is 9.96. The zero-order valence-corrected chi connectivity index (χ0v) is 7.60. The Hall–Kier alpha value is -1.36. The van der Waals surface area contributed by atoms with Crippen LogP contribution in [0, 0.1) is 0 Å². The van der Waals surface area contributed by atoms with Gasteiger partial charge in [-0.1, -0.05) is 13.3 Å². The van der Waals surface area contributed by atoms with Gasteiger partial charge in [-0.05, 0) is 6.42 Å². The van der Waals surface area contributed by atoms with Gasteiger partial charge in [0.15, 0.2) is 0 Å². The second-order valence-electron chi connectivity index (χ2n) is 2.49. The van der Waals surface area contributed by atoms with Gasteiger partial charge < -0.3 is 15.8 Å². The minimum Gasteiger partial charge on any atom is -0.480 e. The van der Waals surface area contributed by atoms with Crippen molar-refractivity contribution in [3.05, 3.63) is 18.7 Å². The Kier molecular flexibility index (Phi) is 6.53. The van der Waals surface area contributed by atoms with Gasteiger partial charge in [0, 0.05) is 12.4 Å². The van der Waals surface area contributed by atoms with Crippen molar-refractivity contribution in [1.82, 2.24) is 9.97 Å². The van der Waals surface area contributed by atoms with Crippen molar-refractivity contribution in [2.75, 3.05) is 0 Å². The molecule has 5 heteroatoms. The minimum atomic E-state index is -0.910. The summed E-state index contributed by atoms with van der Waals surface area (Å²) in [5.41, 5.74) is 5.13. The predicted molar refractivity (Wildman–Crippen MR) is 49.1 cm³/mol. The van der Waals surface area contributed by atoms with Crippen molar-refractivity contribution in [2.24, 2.45) is 5.73 Å². The van der Waals surface area contributed by atoms with Gasteiger partial charge >= 0.3 is 5.97 Å². The number of carbonyl (C=O) groups is 1. The summed E-state index contributed by atoms with van der Waals surface area (Å²) in [5.74, 6) is -0.910. The van der Waals surface area contributed by atoms with E-state index in [1.54, 1.807) is 18.7 Å². The SMILES string of the molecule is CCCC(N)C(=O)O.c1c[nH]cn1. The van der Waals surface area contributed by atoms with E-state index in [4.69, 9.17) is 10.8 Å². The van der Waals surface area contributed by atoms with E-state index in [0.717, 1.165) is 6.42 Å². The third kappa shape index (κ3) is 7.02. The van der Waals surface area contributed by atoms with Crippen molar-refractivity contribution in [1.29, 1.82) is 0 Å². The maximum Gasteiger partial charge on any atom is 0.320 e. The molecule has 0 aliphatic rings. The lowest BCUT2D eigenvalue weighted by atomic mass is 10.2. The molecule has 0 amide bonds. The summed E-state index contributed by atoms with van der Waals surface area (Å²) in [6.07, 6.45) is 6.48. The summed E-state index contributed by atoms with van der Waals surface area (Å²) in [7, 11) is 0. The zero-order chi connectivity index (χ0) is 10.1. The number of rotatable bonds is 3. The standard InChI is InChI=1S/C5H11NO2.C3H4N2/c1-2-3-4(6)5(7)8;1-2-5-3-4-1/h4H,2-3,6H2,1H3,(H,7,8);1-3H,(H,4,5). The number of carboxylic acid groups (broad SMARTS) is 1. The van der Waals surface area contributed by atoms with Crippen molar-refractivity contribution in [2.45, 2.75) is 25.8 Å². The molecule has 1 heterocycles. The van der Waals surface area contributed by atoms with Gasteiger partial charge in [-0.15, -0.1) is 0 Å². The third-order valence-corrected chi connectivity index (χ3v) is 1.32. The number of nitrogens with zero attached hydrogens (tertiary/aromatic N) is 1. The second-order valence-corrected chi connectivity index (χ2v) is 2.49. The molecule has 74 valence electrons. The van der Waals surface area contributed by atoms with E-state index in [-0.39, 0.29) is 0 Å². The van der Waals surface area contributed by atoms with E-state index in [1.165, 1.54) is 0 Å². The van der Waals surface area contributed by atoms with Crippen LogP contribution in [0.5, 0.6) is 0 Å². The molecule has 0 bridgehead atoms. The molecule has 0 radical (unpaired) electrons. The number of H-pyrrole nitrogens is 1. The number of aromatic amines is 1. The van der Waals surface area contributed by atoms with Crippen LogP contribution in [0.2, 0.25) is 0 Å². The summed E-state index contributed by atoms with van der Waals surface area (Å²) in [6, 6.07) is -0.667. The average molecular weight is 185 g/mol. The lowest BCUT2D eigenvalue weighted by Gasteiger charge is -2.00. The number of aliphatic carboxylic acids is 1. The molecule has 0 spiro atoms. The molecule has 0 aliphatic carbocycles. The van der Waals surface area contributed by atoms with E-state index in [1.807, 2.05) is 6.92 Å². The highest BCUT2D eigenvalue weighted by molar-refractivity contribution is 5.72. The van der Waals surface area contributed by atoms with E-state index < -0.39 is 12.0 Å². The van der Waals surface area contributed by atoms with Gasteiger partial charge in [-0.3, -0.25) is 4.79 Å². The Morgan fingerprint density at radius 3 is 2.62 bits per heavy atom. The molecule has 0 aliphatic heterocycles. The van der Waals surface area contributed by atoms with Gasteiger partial charge in [0.25, 0.3) is 0 Å². The molecule has 0 aromatic carbocycles. The Labute approximate surface area is 77.0 Å². The quantitative estimate of drug-likeness (QED) is 0.643. The van der Waals surface area contributed by atoms with Crippen LogP contribution >= 0.6 is 0 Å². The lowest BCUT2D eigenvalue weighted by molar-refractivity contribution is -0.138. The van der Waals surface area contributed by atoms with Crippen LogP contribution in [0.3, 0.4) is 0 Å². The molecular weight excluding hydrogens is 170 g/mol. The molecule has 13 heavy (non-hydrogen) atoms. The number of imidazole rings is 1. The van der Waals surface area contributed by atoms with E-state index in [0.29, 0.717) is 6.42 Å². The molecular formula is C8H15N3O2. The number of carboxylic acids is 1. The number of hydrogen-bond acceptors (Lipinski definition) is 3. The smallest absolute Gasteiger partial charge is 0.320 e. The van der Waals surface area contributed by atoms with E-state index in [2.05, 4.69) is 9.97 Å². The molecule has 5 nitrogen and oxygen atoms in total. The first-order chi connectivity index (χ1) is 6.18. The number of nitrogens with two attached hydrogens (primary N) is 1. The highest BCUT2D eigenvalue weighted by Crippen LogP contribution is 1.91. The maximum atomic E-state index is 9.96. The monoisotopic (exact) mass is 185 g/mol. The Morgan fingerprint density at radius 2 is 2.46 bits per heavy atom. The van der Waals surface area contributed by atoms with Crippen molar-refractivity contribution in [3.63, 3.8) is 0 Å². The highest BCUT2D eigenvalue weighted by atomic mass is 16.4. The normalized spacial score (nSPS) is 11.2. The van der Waals surface area contributed by atoms with Crippen molar-refractivity contribution >= 4 is 5.97 Å². The first kappa shape index (κ1) is 11.6. The number of hydrogen-bond donors (Lipinski definition) is 3. The van der Waals surface area contributed by atoms with Crippen molar-refractivity contribution in [3.8, 4) is 0 Å². The van der Waals surface area contributed by atoms with Crippen LogP contribution in [0.4, 0.5) is 0 Å². The van der Waals surface area contributed by atoms with Gasteiger partial charge in [0.05, 0.1) is 6.33 Å². The fourth-order valence-corrected chi connectivity index (χ4v) is 0.650. The molecule has 1 atom stereocenters. The van der Waals surface area contributed by atoms with Gasteiger partial charge in [0.1, 0.15) is 6.04 Å². The minimum absolute atomic E-state index is 0.565. The summed E-state index contributed by atoms with van der Waals surface area (Å²) < 4.78 is 0. The number of nitrogens with one attached hydrogen (secondary N) is 1. The molecule has 1 unspecified atom stereocenters. The van der Waals surface area contributed by atoms with Crippen LogP contribution < -0.4 is 5.73 Å². The van der Waals surface area contributed by atoms with Crippen LogP contribution in [-0.4, -0.2) is 27.1 Å². The molecule has 0 saturated carbocycles. The van der Waals surface area contributed by atoms with E-state index >= 15 is 0 Å². The Morgan fingerprint density at radius 1 is 1.77 bits per heavy atom. The van der Waals surface area contributed by atoms with Crippen LogP contribution in [-0.2, 0) is 4.79 Å². The number of aromatic nitrogens is 2. The molecule has 0 saturated heterocycles. The zero-order valence-electron chi connectivity index (χ0n) is 7.60. The lowest BCUT2D eigenvalue weighted by Crippen LogP contribution is -2.29. The van der Waals surface area contributed by atoms with Crippen LogP contribution in [0.1, 0.15) is 19.8 Å². The highest BCUT2D eigenvalue weighted by Gasteiger charge is 2.07. The summed E-state index contributed by atoms with van der Waals surface area (Å²) in [4.78, 5) is 16.4. The Bertz CT molecular complexity index is 194.